The Bertz CT molecular complexity index is 1160. The smallest absolute Gasteiger partial charge is 0.277 e. The number of carbonyl (C=O) groups is 1. The molecule has 0 N–H and O–H groups in total. The lowest BCUT2D eigenvalue weighted by Gasteiger charge is -2.32. The first-order valence-electron chi connectivity index (χ1n) is 9.01. The predicted octanol–water partition coefficient (Wildman–Crippen LogP) is 3.73. The number of aryl methyl sites for hydroxylation is 1. The van der Waals surface area contributed by atoms with Crippen LogP contribution in [-0.4, -0.2) is 31.6 Å². The van der Waals surface area contributed by atoms with Crippen molar-refractivity contribution in [1.82, 2.24) is 19.2 Å². The Hall–Kier alpha value is -3.41. The quantitative estimate of drug-likeness (QED) is 0.549. The van der Waals surface area contributed by atoms with Gasteiger partial charge in [-0.05, 0) is 38.1 Å². The van der Waals surface area contributed by atoms with E-state index in [9.17, 15) is 4.79 Å². The Morgan fingerprint density at radius 1 is 1.11 bits per heavy atom. The number of amides is 1. The van der Waals surface area contributed by atoms with E-state index in [1.165, 1.54) is 5.56 Å². The van der Waals surface area contributed by atoms with Crippen molar-refractivity contribution < 1.29 is 4.79 Å². The van der Waals surface area contributed by atoms with E-state index in [0.29, 0.717) is 12.2 Å². The highest BCUT2D eigenvalue weighted by Crippen LogP contribution is 2.32. The summed E-state index contributed by atoms with van der Waals surface area (Å²) in [5, 5.41) is 4.52. The highest BCUT2D eigenvalue weighted by atomic mass is 16.2. The number of carbonyl (C=O) groups excluding carboxylic acids is 1. The van der Waals surface area contributed by atoms with Gasteiger partial charge in [0.2, 0.25) is 0 Å². The molecule has 0 unspecified atom stereocenters. The molecule has 4 heterocycles. The van der Waals surface area contributed by atoms with Crippen molar-refractivity contribution in [3.8, 4) is 11.1 Å². The van der Waals surface area contributed by atoms with Gasteiger partial charge in [-0.25, -0.2) is 4.98 Å². The molecule has 3 aromatic heterocycles. The van der Waals surface area contributed by atoms with Gasteiger partial charge in [-0.2, -0.15) is 5.10 Å². The number of hydrogen-bond donors (Lipinski definition) is 0. The fourth-order valence-electron chi connectivity index (χ4n) is 3.70. The molecule has 0 radical (unpaired) electrons. The number of imidazole rings is 1. The van der Waals surface area contributed by atoms with Crippen LogP contribution in [0.4, 0.5) is 5.69 Å². The summed E-state index contributed by atoms with van der Waals surface area (Å²) in [6, 6.07) is 12.1. The summed E-state index contributed by atoms with van der Waals surface area (Å²) in [5.41, 5.74) is 5.40. The average Bonchev–Trinajstić information content (AvgIpc) is 3.32. The molecule has 6 heteroatoms. The van der Waals surface area contributed by atoms with Gasteiger partial charge >= 0.3 is 0 Å². The van der Waals surface area contributed by atoms with E-state index in [1.54, 1.807) is 12.4 Å². The second-order valence-corrected chi connectivity index (χ2v) is 7.06. The molecule has 6 nitrogen and oxygen atoms in total. The number of benzene rings is 1. The second-order valence-electron chi connectivity index (χ2n) is 7.06. The molecular weight excluding hydrogens is 338 g/mol. The zero-order chi connectivity index (χ0) is 18.5. The summed E-state index contributed by atoms with van der Waals surface area (Å²) in [7, 11) is 0. The summed E-state index contributed by atoms with van der Waals surface area (Å²) >= 11 is 0. The molecule has 4 aromatic rings. The minimum Gasteiger partial charge on any atom is -0.306 e. The molecule has 0 fully saturated rings. The maximum atomic E-state index is 13.4. The normalized spacial score (nSPS) is 16.7. The Balaban J connectivity index is 1.62. The molecule has 0 aliphatic carbocycles. The van der Waals surface area contributed by atoms with Gasteiger partial charge in [0.1, 0.15) is 11.3 Å². The Morgan fingerprint density at radius 2 is 1.93 bits per heavy atom. The van der Waals surface area contributed by atoms with Crippen LogP contribution in [-0.2, 0) is 0 Å². The van der Waals surface area contributed by atoms with Crippen molar-refractivity contribution in [2.75, 3.05) is 11.4 Å². The maximum Gasteiger partial charge on any atom is 0.277 e. The first-order chi connectivity index (χ1) is 13.1. The average molecular weight is 357 g/mol. The Morgan fingerprint density at radius 3 is 2.74 bits per heavy atom. The molecule has 27 heavy (non-hydrogen) atoms. The lowest BCUT2D eigenvalue weighted by Crippen LogP contribution is -2.42. The Labute approximate surface area is 156 Å². The second kappa shape index (κ2) is 5.81. The number of rotatable bonds is 2. The number of anilines is 1. The van der Waals surface area contributed by atoms with Crippen LogP contribution in [0, 0.1) is 6.92 Å². The van der Waals surface area contributed by atoms with Crippen LogP contribution in [0.25, 0.3) is 16.8 Å². The van der Waals surface area contributed by atoms with E-state index in [2.05, 4.69) is 17.0 Å². The third kappa shape index (κ3) is 2.44. The topological polar surface area (TPSA) is 55.4 Å². The molecule has 1 aromatic carbocycles. The van der Waals surface area contributed by atoms with E-state index in [4.69, 9.17) is 0 Å². The molecule has 0 bridgehead atoms. The minimum absolute atomic E-state index is 0.0184. The number of pyridine rings is 1. The maximum absolute atomic E-state index is 13.4. The zero-order valence-corrected chi connectivity index (χ0v) is 15.2. The van der Waals surface area contributed by atoms with Crippen LogP contribution >= 0.6 is 0 Å². The van der Waals surface area contributed by atoms with E-state index >= 15 is 0 Å². The van der Waals surface area contributed by atoms with Gasteiger partial charge in [0, 0.05) is 41.9 Å². The predicted molar refractivity (Wildman–Crippen MR) is 104 cm³/mol. The lowest BCUT2D eigenvalue weighted by atomic mass is 10.0. The van der Waals surface area contributed by atoms with Gasteiger partial charge in [0.05, 0.1) is 12.2 Å². The van der Waals surface area contributed by atoms with Gasteiger partial charge in [-0.1, -0.05) is 17.7 Å². The van der Waals surface area contributed by atoms with Crippen molar-refractivity contribution >= 4 is 17.2 Å². The molecule has 0 saturated carbocycles. The van der Waals surface area contributed by atoms with Crippen LogP contribution in [0.5, 0.6) is 0 Å². The van der Waals surface area contributed by atoms with Crippen molar-refractivity contribution in [2.45, 2.75) is 19.9 Å². The lowest BCUT2D eigenvalue weighted by molar-refractivity contribution is 0.0954. The van der Waals surface area contributed by atoms with Gasteiger partial charge in [0.25, 0.3) is 5.91 Å². The summed E-state index contributed by atoms with van der Waals surface area (Å²) in [6.45, 7) is 4.74. The highest BCUT2D eigenvalue weighted by Gasteiger charge is 2.33. The molecule has 0 spiro atoms. The first-order valence-corrected chi connectivity index (χ1v) is 9.01. The van der Waals surface area contributed by atoms with Gasteiger partial charge in [0.15, 0.2) is 0 Å². The number of hydrogen-bond acceptors (Lipinski definition) is 3. The fourth-order valence-corrected chi connectivity index (χ4v) is 3.70. The SMILES string of the molecule is Cc1ccc(N2C[C@H](C)n3ncc(-c4ccc5nccn5c4)c3C2=O)cc1. The monoisotopic (exact) mass is 357 g/mol. The molecule has 1 atom stereocenters. The number of nitrogens with zero attached hydrogens (tertiary/aromatic N) is 5. The number of aromatic nitrogens is 4. The molecular formula is C21H19N5O. The van der Waals surface area contributed by atoms with Crippen molar-refractivity contribution in [3.63, 3.8) is 0 Å². The molecule has 1 amide bonds. The largest absolute Gasteiger partial charge is 0.306 e. The van der Waals surface area contributed by atoms with Crippen LogP contribution in [0.3, 0.4) is 0 Å². The fraction of sp³-hybridized carbons (Fsp3) is 0.190. The van der Waals surface area contributed by atoms with Crippen LogP contribution in [0.2, 0.25) is 0 Å². The first kappa shape index (κ1) is 15.8. The van der Waals surface area contributed by atoms with Crippen molar-refractivity contribution in [2.24, 2.45) is 0 Å². The molecule has 1 aliphatic rings. The van der Waals surface area contributed by atoms with Crippen molar-refractivity contribution in [3.05, 3.63) is 72.4 Å². The van der Waals surface area contributed by atoms with Gasteiger partial charge in [-0.3, -0.25) is 9.48 Å². The van der Waals surface area contributed by atoms with Crippen LogP contribution < -0.4 is 4.90 Å². The van der Waals surface area contributed by atoms with E-state index < -0.39 is 0 Å². The zero-order valence-electron chi connectivity index (χ0n) is 15.2. The summed E-state index contributed by atoms with van der Waals surface area (Å²) in [6.07, 6.45) is 7.44. The van der Waals surface area contributed by atoms with E-state index in [-0.39, 0.29) is 11.9 Å². The van der Waals surface area contributed by atoms with Gasteiger partial charge in [-0.15, -0.1) is 0 Å². The molecule has 5 rings (SSSR count). The number of fused-ring (bicyclic) bond motifs is 2. The highest BCUT2D eigenvalue weighted by molar-refractivity contribution is 6.09. The Kier molecular flexibility index (Phi) is 3.40. The van der Waals surface area contributed by atoms with Crippen LogP contribution in [0.15, 0.2) is 61.2 Å². The molecule has 134 valence electrons. The standard InChI is InChI=1S/C21H19N5O/c1-14-3-6-17(7-4-14)25-12-15(2)26-20(21(25)27)18(11-23-26)16-5-8-19-22-9-10-24(19)13-16/h3-11,13,15H,12H2,1-2H3/t15-/m0/s1. The van der Waals surface area contributed by atoms with Crippen LogP contribution in [0.1, 0.15) is 29.0 Å². The third-order valence-corrected chi connectivity index (χ3v) is 5.15. The third-order valence-electron chi connectivity index (χ3n) is 5.15. The van der Waals surface area contributed by atoms with Gasteiger partial charge < -0.3 is 9.30 Å². The van der Waals surface area contributed by atoms with E-state index in [1.807, 2.05) is 69.7 Å². The molecule has 1 aliphatic heterocycles. The minimum atomic E-state index is -0.0184. The van der Waals surface area contributed by atoms with Crippen molar-refractivity contribution in [1.29, 1.82) is 0 Å². The summed E-state index contributed by atoms with van der Waals surface area (Å²) in [5.74, 6) is -0.0184. The molecule has 0 saturated heterocycles. The van der Waals surface area contributed by atoms with E-state index in [0.717, 1.165) is 22.5 Å². The summed E-state index contributed by atoms with van der Waals surface area (Å²) in [4.78, 5) is 19.5. The summed E-state index contributed by atoms with van der Waals surface area (Å²) < 4.78 is 3.80.